The van der Waals surface area contributed by atoms with Crippen molar-refractivity contribution in [1.82, 2.24) is 28.9 Å². The van der Waals surface area contributed by atoms with E-state index in [0.29, 0.717) is 19.0 Å². The lowest BCUT2D eigenvalue weighted by Crippen LogP contribution is -2.29. The first-order valence-corrected chi connectivity index (χ1v) is 8.88. The van der Waals surface area contributed by atoms with Gasteiger partial charge in [0.25, 0.3) is 10.0 Å². The van der Waals surface area contributed by atoms with Crippen molar-refractivity contribution in [3.8, 4) is 0 Å². The van der Waals surface area contributed by atoms with E-state index in [1.54, 1.807) is 11.6 Å². The Kier molecular flexibility index (Phi) is 3.08. The van der Waals surface area contributed by atoms with Crippen molar-refractivity contribution < 1.29 is 8.42 Å². The van der Waals surface area contributed by atoms with E-state index in [4.69, 9.17) is 0 Å². The zero-order valence-corrected chi connectivity index (χ0v) is 13.1. The minimum Gasteiger partial charge on any atom is -0.339 e. The Labute approximate surface area is 128 Å². The van der Waals surface area contributed by atoms with Crippen LogP contribution in [0.5, 0.6) is 0 Å². The molecule has 1 saturated heterocycles. The molecule has 1 unspecified atom stereocenters. The zero-order chi connectivity index (χ0) is 15.3. The number of hydrogen-bond donors (Lipinski definition) is 0. The summed E-state index contributed by atoms with van der Waals surface area (Å²) in [6.45, 7) is 0.911. The van der Waals surface area contributed by atoms with Gasteiger partial charge in [0.1, 0.15) is 0 Å². The third kappa shape index (κ3) is 2.34. The predicted octanol–water partition coefficient (Wildman–Crippen LogP) is 0.525. The largest absolute Gasteiger partial charge is 0.339 e. The summed E-state index contributed by atoms with van der Waals surface area (Å²) in [6, 6.07) is 0.0542. The monoisotopic (exact) mass is 322 g/mol. The van der Waals surface area contributed by atoms with Crippen LogP contribution in [0.1, 0.15) is 36.9 Å². The summed E-state index contributed by atoms with van der Waals surface area (Å²) >= 11 is 0. The number of aryl methyl sites for hydroxylation is 1. The van der Waals surface area contributed by atoms with Crippen molar-refractivity contribution >= 4 is 10.0 Å². The first-order chi connectivity index (χ1) is 10.5. The molecule has 1 aliphatic carbocycles. The Morgan fingerprint density at radius 1 is 1.23 bits per heavy atom. The van der Waals surface area contributed by atoms with E-state index >= 15 is 0 Å². The van der Waals surface area contributed by atoms with Gasteiger partial charge in [-0.2, -0.15) is 4.31 Å². The molecule has 0 radical (unpaired) electrons. The highest BCUT2D eigenvalue weighted by Crippen LogP contribution is 2.39. The highest BCUT2D eigenvalue weighted by Gasteiger charge is 2.36. The van der Waals surface area contributed by atoms with Gasteiger partial charge in [-0.05, 0) is 19.3 Å². The summed E-state index contributed by atoms with van der Waals surface area (Å²) in [4.78, 5) is 3.96. The molecule has 1 atom stereocenters. The first-order valence-electron chi connectivity index (χ1n) is 7.44. The molecule has 0 N–H and O–H groups in total. The molecule has 8 nitrogen and oxygen atoms in total. The van der Waals surface area contributed by atoms with E-state index in [1.807, 2.05) is 10.9 Å². The third-order valence-electron chi connectivity index (χ3n) is 4.31. The average molecular weight is 322 g/mol. The first kappa shape index (κ1) is 13.9. The van der Waals surface area contributed by atoms with E-state index in [0.717, 1.165) is 12.1 Å². The fraction of sp³-hybridized carbons (Fsp3) is 0.615. The van der Waals surface area contributed by atoms with Crippen LogP contribution >= 0.6 is 0 Å². The van der Waals surface area contributed by atoms with Gasteiger partial charge in [0.05, 0.1) is 18.1 Å². The Morgan fingerprint density at radius 3 is 2.73 bits per heavy atom. The van der Waals surface area contributed by atoms with E-state index in [1.165, 1.54) is 29.7 Å². The Hall–Kier alpha value is -1.74. The predicted molar refractivity (Wildman–Crippen MR) is 77.6 cm³/mol. The fourth-order valence-electron chi connectivity index (χ4n) is 2.83. The van der Waals surface area contributed by atoms with Crippen LogP contribution < -0.4 is 0 Å². The van der Waals surface area contributed by atoms with Gasteiger partial charge in [0.15, 0.2) is 5.03 Å². The van der Waals surface area contributed by atoms with Gasteiger partial charge in [0, 0.05) is 38.4 Å². The number of nitrogens with zero attached hydrogens (tertiary/aromatic N) is 6. The Morgan fingerprint density at radius 2 is 2.05 bits per heavy atom. The smallest absolute Gasteiger partial charge is 0.262 e. The molecule has 0 spiro atoms. The van der Waals surface area contributed by atoms with Gasteiger partial charge >= 0.3 is 0 Å². The van der Waals surface area contributed by atoms with Crippen LogP contribution in [0.2, 0.25) is 0 Å². The number of hydrogen-bond acceptors (Lipinski definition) is 5. The maximum atomic E-state index is 12.6. The second-order valence-corrected chi connectivity index (χ2v) is 7.97. The van der Waals surface area contributed by atoms with Gasteiger partial charge in [-0.15, -0.1) is 5.10 Å². The zero-order valence-electron chi connectivity index (χ0n) is 12.3. The van der Waals surface area contributed by atoms with Gasteiger partial charge in [-0.1, -0.05) is 5.21 Å². The number of sulfonamides is 1. The Bertz CT molecular complexity index is 791. The molecule has 3 heterocycles. The Balaban J connectivity index is 1.51. The van der Waals surface area contributed by atoms with Crippen LogP contribution in [-0.2, 0) is 17.1 Å². The van der Waals surface area contributed by atoms with Crippen molar-refractivity contribution in [2.24, 2.45) is 7.05 Å². The SMILES string of the molecule is Cn1cnc(S(=O)(=O)N2CCC(n3cc(C4CC4)nn3)C2)c1. The molecule has 0 amide bonds. The van der Waals surface area contributed by atoms with E-state index in [2.05, 4.69) is 15.3 Å². The summed E-state index contributed by atoms with van der Waals surface area (Å²) < 4.78 is 30.1. The van der Waals surface area contributed by atoms with Gasteiger partial charge in [-0.3, -0.25) is 0 Å². The minimum atomic E-state index is -3.52. The van der Waals surface area contributed by atoms with Crippen molar-refractivity contribution in [2.45, 2.75) is 36.2 Å². The maximum absolute atomic E-state index is 12.6. The van der Waals surface area contributed by atoms with Gasteiger partial charge in [-0.25, -0.2) is 18.1 Å². The second-order valence-electron chi connectivity index (χ2n) is 6.08. The summed E-state index contributed by atoms with van der Waals surface area (Å²) in [7, 11) is -1.76. The lowest BCUT2D eigenvalue weighted by molar-refractivity contribution is 0.427. The molecular weight excluding hydrogens is 304 g/mol. The van der Waals surface area contributed by atoms with Gasteiger partial charge in [0.2, 0.25) is 0 Å². The molecule has 2 aromatic rings. The number of rotatable bonds is 4. The molecule has 2 aliphatic rings. The topological polar surface area (TPSA) is 85.9 Å². The van der Waals surface area contributed by atoms with Crippen LogP contribution in [-0.4, -0.2) is 50.4 Å². The summed E-state index contributed by atoms with van der Waals surface area (Å²) in [6.07, 6.45) is 8.12. The summed E-state index contributed by atoms with van der Waals surface area (Å²) in [5.74, 6) is 0.559. The standard InChI is InChI=1S/C13H18N6O2S/c1-17-8-13(14-9-17)22(20,21)18-5-4-11(6-18)19-7-12(15-16-19)10-2-3-10/h7-11H,2-6H2,1H3. The number of aromatic nitrogens is 5. The maximum Gasteiger partial charge on any atom is 0.262 e. The van der Waals surface area contributed by atoms with E-state index in [9.17, 15) is 8.42 Å². The molecule has 0 aromatic carbocycles. The normalized spacial score (nSPS) is 23.2. The molecule has 0 bridgehead atoms. The number of imidazole rings is 1. The van der Waals surface area contributed by atoms with Gasteiger partial charge < -0.3 is 4.57 Å². The van der Waals surface area contributed by atoms with Crippen LogP contribution in [0.4, 0.5) is 0 Å². The van der Waals surface area contributed by atoms with Crippen LogP contribution in [0, 0.1) is 0 Å². The van der Waals surface area contributed by atoms with E-state index < -0.39 is 10.0 Å². The molecule has 9 heteroatoms. The van der Waals surface area contributed by atoms with Crippen molar-refractivity contribution in [3.05, 3.63) is 24.4 Å². The van der Waals surface area contributed by atoms with Crippen LogP contribution in [0.3, 0.4) is 0 Å². The molecule has 4 rings (SSSR count). The summed E-state index contributed by atoms with van der Waals surface area (Å²) in [5.41, 5.74) is 1.03. The lowest BCUT2D eigenvalue weighted by atomic mass is 10.2. The molecule has 22 heavy (non-hydrogen) atoms. The van der Waals surface area contributed by atoms with Crippen molar-refractivity contribution in [2.75, 3.05) is 13.1 Å². The van der Waals surface area contributed by atoms with Crippen molar-refractivity contribution in [1.29, 1.82) is 0 Å². The quantitative estimate of drug-likeness (QED) is 0.819. The second kappa shape index (κ2) is 4.88. The molecule has 118 valence electrons. The molecule has 1 aliphatic heterocycles. The van der Waals surface area contributed by atoms with Crippen molar-refractivity contribution in [3.63, 3.8) is 0 Å². The molecule has 2 fully saturated rings. The van der Waals surface area contributed by atoms with E-state index in [-0.39, 0.29) is 11.1 Å². The third-order valence-corrected chi connectivity index (χ3v) is 6.06. The van der Waals surface area contributed by atoms with Crippen LogP contribution in [0.25, 0.3) is 0 Å². The fourth-order valence-corrected chi connectivity index (χ4v) is 4.29. The highest BCUT2D eigenvalue weighted by molar-refractivity contribution is 7.89. The lowest BCUT2D eigenvalue weighted by Gasteiger charge is -2.14. The molecule has 2 aromatic heterocycles. The highest BCUT2D eigenvalue weighted by atomic mass is 32.2. The minimum absolute atomic E-state index is 0.0542. The molecular formula is C13H18N6O2S. The van der Waals surface area contributed by atoms with Crippen LogP contribution in [0.15, 0.2) is 23.7 Å². The summed E-state index contributed by atoms with van der Waals surface area (Å²) in [5, 5.41) is 8.48. The molecule has 1 saturated carbocycles. The average Bonchev–Trinajstić information content (AvgIpc) is 2.95.